The second-order valence-corrected chi connectivity index (χ2v) is 8.80. The van der Waals surface area contributed by atoms with Crippen molar-refractivity contribution in [3.63, 3.8) is 0 Å². The average molecular weight is 504 g/mol. The number of allylic oxidation sites excluding steroid dienone is 4. The fourth-order valence-electron chi connectivity index (χ4n) is 4.04. The molecule has 2 amide bonds. The predicted octanol–water partition coefficient (Wildman–Crippen LogP) is 4.73. The first-order valence-corrected chi connectivity index (χ1v) is 12.6. The summed E-state index contributed by atoms with van der Waals surface area (Å²) in [5.41, 5.74) is 6.27. The smallest absolute Gasteiger partial charge is 0.263 e. The molecule has 7 nitrogen and oxygen atoms in total. The van der Waals surface area contributed by atoms with Gasteiger partial charge >= 0.3 is 0 Å². The van der Waals surface area contributed by atoms with Crippen LogP contribution in [-0.4, -0.2) is 42.0 Å². The number of rotatable bonds is 7. The second-order valence-electron chi connectivity index (χ2n) is 8.80. The van der Waals surface area contributed by atoms with E-state index in [-0.39, 0.29) is 17.8 Å². The summed E-state index contributed by atoms with van der Waals surface area (Å²) in [7, 11) is 0. The highest BCUT2D eigenvalue weighted by atomic mass is 16.2. The number of terminal acetylenes is 1. The summed E-state index contributed by atoms with van der Waals surface area (Å²) in [6, 6.07) is 9.44. The van der Waals surface area contributed by atoms with Gasteiger partial charge in [0.05, 0.1) is 0 Å². The molecule has 3 N–H and O–H groups in total. The van der Waals surface area contributed by atoms with E-state index in [9.17, 15) is 9.59 Å². The highest BCUT2D eigenvalue weighted by Gasteiger charge is 2.46. The van der Waals surface area contributed by atoms with E-state index in [0.717, 1.165) is 49.4 Å². The Morgan fingerprint density at radius 1 is 1.24 bits per heavy atom. The van der Waals surface area contributed by atoms with Crippen LogP contribution in [0.5, 0.6) is 0 Å². The summed E-state index contributed by atoms with van der Waals surface area (Å²) in [5, 5.41) is 2.59. The summed E-state index contributed by atoms with van der Waals surface area (Å²) in [5.74, 6) is 1.01. The van der Waals surface area contributed by atoms with Crippen LogP contribution in [0.2, 0.25) is 0 Å². The molecular weight excluding hydrogens is 462 g/mol. The molecular formula is C30H41N5O2. The number of likely N-dealkylation sites (tertiary alicyclic amines) is 1. The maximum absolute atomic E-state index is 12.3. The second kappa shape index (κ2) is 16.7. The number of hydrogen-bond acceptors (Lipinski definition) is 5. The molecule has 0 saturated carbocycles. The van der Waals surface area contributed by atoms with Crippen molar-refractivity contribution >= 4 is 24.0 Å². The first kappa shape index (κ1) is 31.1. The van der Waals surface area contributed by atoms with Crippen molar-refractivity contribution < 1.29 is 9.59 Å². The molecule has 1 aromatic rings. The van der Waals surface area contributed by atoms with Gasteiger partial charge in [0.2, 0.25) is 5.91 Å². The zero-order chi connectivity index (χ0) is 27.7. The lowest BCUT2D eigenvalue weighted by molar-refractivity contribution is -0.132. The van der Waals surface area contributed by atoms with Crippen molar-refractivity contribution in [3.8, 4) is 12.8 Å². The van der Waals surface area contributed by atoms with Gasteiger partial charge in [-0.15, -0.1) is 12.8 Å². The molecule has 1 saturated heterocycles. The van der Waals surface area contributed by atoms with Crippen molar-refractivity contribution in [1.29, 1.82) is 0 Å². The van der Waals surface area contributed by atoms with Gasteiger partial charge in [0.25, 0.3) is 5.91 Å². The number of nitrogens with two attached hydrogens (primary N) is 1. The van der Waals surface area contributed by atoms with Crippen LogP contribution < -0.4 is 11.1 Å². The van der Waals surface area contributed by atoms with Gasteiger partial charge < -0.3 is 10.6 Å². The number of aliphatic imine (C=N–C) groups is 2. The van der Waals surface area contributed by atoms with Crippen molar-refractivity contribution in [2.75, 3.05) is 13.1 Å². The zero-order valence-electron chi connectivity index (χ0n) is 22.6. The maximum Gasteiger partial charge on any atom is 0.263 e. The molecule has 1 fully saturated rings. The minimum Gasteiger partial charge on any atom is -0.370 e. The van der Waals surface area contributed by atoms with Crippen LogP contribution in [0.4, 0.5) is 0 Å². The summed E-state index contributed by atoms with van der Waals surface area (Å²) >= 11 is 0. The summed E-state index contributed by atoms with van der Waals surface area (Å²) in [6.07, 6.45) is 22.8. The lowest BCUT2D eigenvalue weighted by Gasteiger charge is -2.30. The predicted molar refractivity (Wildman–Crippen MR) is 154 cm³/mol. The van der Waals surface area contributed by atoms with Crippen molar-refractivity contribution in [2.45, 2.75) is 58.9 Å². The molecule has 2 heterocycles. The Morgan fingerprint density at radius 2 is 1.89 bits per heavy atom. The molecule has 198 valence electrons. The van der Waals surface area contributed by atoms with Crippen LogP contribution >= 0.6 is 0 Å². The molecule has 0 radical (unpaired) electrons. The lowest BCUT2D eigenvalue weighted by Crippen LogP contribution is -2.39. The molecule has 3 rings (SSSR count). The summed E-state index contributed by atoms with van der Waals surface area (Å²) < 4.78 is 0. The van der Waals surface area contributed by atoms with Crippen LogP contribution in [0.1, 0.15) is 58.9 Å². The minimum atomic E-state index is -1.05. The quantitative estimate of drug-likeness (QED) is 0.320. The highest BCUT2D eigenvalue weighted by Crippen LogP contribution is 2.36. The van der Waals surface area contributed by atoms with E-state index in [4.69, 9.17) is 5.73 Å². The van der Waals surface area contributed by atoms with Gasteiger partial charge in [-0.1, -0.05) is 61.6 Å². The van der Waals surface area contributed by atoms with Crippen LogP contribution in [-0.2, 0) is 15.1 Å². The molecule has 0 aromatic heterocycles. The first-order valence-electron chi connectivity index (χ1n) is 12.6. The summed E-state index contributed by atoms with van der Waals surface area (Å²) in [4.78, 5) is 34.4. The SMILES string of the molecule is C#C.C/C=C\C=C(/C)C1(c2ccccc2)N=C(N)NC1=O.CC=N/C=C\CCC(=O)N1CCC(C)CC1. The Morgan fingerprint density at radius 3 is 2.43 bits per heavy atom. The van der Waals surface area contributed by atoms with Gasteiger partial charge in [0, 0.05) is 31.9 Å². The number of carbonyl (C=O) groups excluding carboxylic acids is 2. The fourth-order valence-corrected chi connectivity index (χ4v) is 4.04. The Balaban J connectivity index is 0.000000352. The van der Waals surface area contributed by atoms with Gasteiger partial charge in [-0.2, -0.15) is 0 Å². The number of nitrogens with one attached hydrogen (secondary N) is 1. The third-order valence-corrected chi connectivity index (χ3v) is 6.16. The number of carbonyl (C=O) groups is 2. The number of guanidine groups is 1. The molecule has 0 bridgehead atoms. The van der Waals surface area contributed by atoms with E-state index in [0.29, 0.717) is 6.42 Å². The number of nitrogens with zero attached hydrogens (tertiary/aromatic N) is 3. The Labute approximate surface area is 222 Å². The maximum atomic E-state index is 12.3. The fraction of sp³-hybridized carbons (Fsp3) is 0.400. The van der Waals surface area contributed by atoms with E-state index in [1.165, 1.54) is 0 Å². The van der Waals surface area contributed by atoms with Crippen molar-refractivity contribution in [1.82, 2.24) is 10.2 Å². The third kappa shape index (κ3) is 9.23. The molecule has 1 atom stereocenters. The topological polar surface area (TPSA) is 100 Å². The number of benzene rings is 1. The van der Waals surface area contributed by atoms with Crippen molar-refractivity contribution in [2.24, 2.45) is 21.6 Å². The normalized spacial score (nSPS) is 20.3. The van der Waals surface area contributed by atoms with Gasteiger partial charge in [-0.25, -0.2) is 4.99 Å². The van der Waals surface area contributed by atoms with E-state index in [1.54, 1.807) is 12.4 Å². The lowest BCUT2D eigenvalue weighted by atomic mass is 9.83. The van der Waals surface area contributed by atoms with Crippen LogP contribution in [0.25, 0.3) is 0 Å². The number of hydrogen-bond donors (Lipinski definition) is 2. The standard InChI is InChI=1S/C15H17N3O.C13H22N2O.C2H2/c1-3-4-8-11(2)15(12-9-6-5-7-10-12)13(19)17-14(16)18-15;1-3-14-9-5-4-6-13(16)15-10-7-12(2)8-11-15;1-2/h3-10H,1-2H3,(H3,16,17,18,19);3,5,9,12H,4,6-8,10-11H2,1-2H3;1-2H/b4-3-,11-8+;9-5-,14-3?;. The molecule has 0 spiro atoms. The largest absolute Gasteiger partial charge is 0.370 e. The molecule has 7 heteroatoms. The third-order valence-electron chi connectivity index (χ3n) is 6.16. The molecule has 1 unspecified atom stereocenters. The molecule has 0 aliphatic carbocycles. The minimum absolute atomic E-state index is 0.155. The van der Waals surface area contributed by atoms with E-state index in [1.807, 2.05) is 80.3 Å². The monoisotopic (exact) mass is 503 g/mol. The van der Waals surface area contributed by atoms with Crippen LogP contribution in [0.15, 0.2) is 76.4 Å². The average Bonchev–Trinajstić information content (AvgIpc) is 3.23. The van der Waals surface area contributed by atoms with Gasteiger partial charge in [-0.05, 0) is 57.1 Å². The molecule has 1 aromatic carbocycles. The van der Waals surface area contributed by atoms with Gasteiger partial charge in [0.15, 0.2) is 11.5 Å². The van der Waals surface area contributed by atoms with Crippen molar-refractivity contribution in [3.05, 3.63) is 72.0 Å². The Bertz CT molecular complexity index is 1030. The first-order chi connectivity index (χ1) is 17.8. The van der Waals surface area contributed by atoms with E-state index in [2.05, 4.69) is 35.1 Å². The van der Waals surface area contributed by atoms with Crippen LogP contribution in [0.3, 0.4) is 0 Å². The van der Waals surface area contributed by atoms with Crippen LogP contribution in [0, 0.1) is 18.8 Å². The van der Waals surface area contributed by atoms with E-state index < -0.39 is 5.54 Å². The number of amides is 2. The zero-order valence-corrected chi connectivity index (χ0v) is 22.6. The highest BCUT2D eigenvalue weighted by molar-refractivity contribution is 6.09. The molecule has 37 heavy (non-hydrogen) atoms. The molecule has 2 aliphatic heterocycles. The number of piperidine rings is 1. The van der Waals surface area contributed by atoms with Gasteiger partial charge in [-0.3, -0.25) is 19.9 Å². The molecule has 2 aliphatic rings. The van der Waals surface area contributed by atoms with Gasteiger partial charge in [0.1, 0.15) is 0 Å². The van der Waals surface area contributed by atoms with E-state index >= 15 is 0 Å². The summed E-state index contributed by atoms with van der Waals surface area (Å²) in [6.45, 7) is 9.82. The Hall–Kier alpha value is -3.92. The Kier molecular flexibility index (Phi) is 14.0.